The lowest BCUT2D eigenvalue weighted by Crippen LogP contribution is -2.37. The van der Waals surface area contributed by atoms with Crippen molar-refractivity contribution in [1.82, 2.24) is 4.90 Å². The smallest absolute Gasteiger partial charge is 0.246 e. The van der Waals surface area contributed by atoms with E-state index in [0.29, 0.717) is 23.1 Å². The summed E-state index contributed by atoms with van der Waals surface area (Å²) in [5, 5.41) is 1.06. The van der Waals surface area contributed by atoms with Crippen LogP contribution >= 0.6 is 23.2 Å². The summed E-state index contributed by atoms with van der Waals surface area (Å²) < 4.78 is 0. The van der Waals surface area contributed by atoms with Gasteiger partial charge in [0, 0.05) is 19.0 Å². The third-order valence-electron chi connectivity index (χ3n) is 3.88. The van der Waals surface area contributed by atoms with E-state index in [1.165, 1.54) is 6.08 Å². The van der Waals surface area contributed by atoms with Crippen LogP contribution in [0.4, 0.5) is 0 Å². The van der Waals surface area contributed by atoms with Crippen LogP contribution in [0.5, 0.6) is 0 Å². The molecule has 0 radical (unpaired) electrons. The van der Waals surface area contributed by atoms with E-state index in [4.69, 9.17) is 23.2 Å². The van der Waals surface area contributed by atoms with Gasteiger partial charge in [-0.05, 0) is 35.8 Å². The minimum atomic E-state index is -0.100. The van der Waals surface area contributed by atoms with Gasteiger partial charge in [0.1, 0.15) is 0 Å². The summed E-state index contributed by atoms with van der Waals surface area (Å²) in [4.78, 5) is 13.8. The molecule has 2 rings (SSSR count). The summed E-state index contributed by atoms with van der Waals surface area (Å²) in [6.07, 6.45) is 9.07. The van der Waals surface area contributed by atoms with Crippen LogP contribution in [0.25, 0.3) is 0 Å². The number of hydrogen-bond donors (Lipinski definition) is 0. The quantitative estimate of drug-likeness (QED) is 0.535. The minimum absolute atomic E-state index is 0.0876. The largest absolute Gasteiger partial charge is 0.334 e. The Balaban J connectivity index is 2.47. The predicted molar refractivity (Wildman–Crippen MR) is 97.9 cm³/mol. The molecule has 1 aliphatic heterocycles. The van der Waals surface area contributed by atoms with E-state index in [1.807, 2.05) is 37.3 Å². The molecule has 0 N–H and O–H groups in total. The maximum absolute atomic E-state index is 12.0. The molecule has 120 valence electrons. The fourth-order valence-electron chi connectivity index (χ4n) is 2.71. The van der Waals surface area contributed by atoms with E-state index in [2.05, 4.69) is 13.2 Å². The van der Waals surface area contributed by atoms with Crippen LogP contribution in [0.15, 0.2) is 61.2 Å². The molecule has 23 heavy (non-hydrogen) atoms. The molecule has 0 bridgehead atoms. The number of halogens is 2. The molecule has 4 heteroatoms. The van der Waals surface area contributed by atoms with Crippen molar-refractivity contribution < 1.29 is 4.79 Å². The predicted octanol–water partition coefficient (Wildman–Crippen LogP) is 5.29. The topological polar surface area (TPSA) is 20.3 Å². The van der Waals surface area contributed by atoms with Gasteiger partial charge >= 0.3 is 0 Å². The fraction of sp³-hybridized carbons (Fsp3) is 0.211. The van der Waals surface area contributed by atoms with E-state index in [9.17, 15) is 4.79 Å². The SMILES string of the molecule is C=CC(=O)N1Cc2ccc(Cl)c(Cl)c2[C@@H](C(=C)/C=C\C=C/C)C1. The van der Waals surface area contributed by atoms with E-state index in [-0.39, 0.29) is 11.8 Å². The van der Waals surface area contributed by atoms with E-state index in [1.54, 1.807) is 11.0 Å². The van der Waals surface area contributed by atoms with Crippen molar-refractivity contribution >= 4 is 29.1 Å². The van der Waals surface area contributed by atoms with Crippen molar-refractivity contribution in [1.29, 1.82) is 0 Å². The van der Waals surface area contributed by atoms with Crippen molar-refractivity contribution in [2.24, 2.45) is 0 Å². The van der Waals surface area contributed by atoms with Crippen molar-refractivity contribution in [3.63, 3.8) is 0 Å². The Hall–Kier alpha value is -1.77. The second-order valence-corrected chi connectivity index (χ2v) is 6.15. The molecule has 0 aliphatic carbocycles. The van der Waals surface area contributed by atoms with Gasteiger partial charge in [-0.2, -0.15) is 0 Å². The van der Waals surface area contributed by atoms with Gasteiger partial charge in [0.2, 0.25) is 5.91 Å². The Labute approximate surface area is 147 Å². The maximum Gasteiger partial charge on any atom is 0.246 e. The average Bonchev–Trinajstić information content (AvgIpc) is 2.56. The Morgan fingerprint density at radius 3 is 2.74 bits per heavy atom. The normalized spacial score (nSPS) is 17.5. The Morgan fingerprint density at radius 2 is 2.09 bits per heavy atom. The molecule has 1 heterocycles. The number of carbonyl (C=O) groups excluding carboxylic acids is 1. The fourth-order valence-corrected chi connectivity index (χ4v) is 3.19. The molecule has 0 saturated heterocycles. The molecule has 0 saturated carbocycles. The van der Waals surface area contributed by atoms with Gasteiger partial charge in [0.05, 0.1) is 10.0 Å². The first kappa shape index (κ1) is 17.6. The summed E-state index contributed by atoms with van der Waals surface area (Å²) in [7, 11) is 0. The van der Waals surface area contributed by atoms with Crippen LogP contribution in [0, 0.1) is 0 Å². The van der Waals surface area contributed by atoms with Gasteiger partial charge < -0.3 is 4.90 Å². The Bertz CT molecular complexity index is 704. The van der Waals surface area contributed by atoms with Crippen molar-refractivity contribution in [3.05, 3.63) is 82.4 Å². The summed E-state index contributed by atoms with van der Waals surface area (Å²) in [5.41, 5.74) is 2.84. The molecular formula is C19H19Cl2NO. The summed E-state index contributed by atoms with van der Waals surface area (Å²) in [6, 6.07) is 3.68. The second-order valence-electron chi connectivity index (χ2n) is 5.37. The maximum atomic E-state index is 12.0. The van der Waals surface area contributed by atoms with Gasteiger partial charge in [-0.25, -0.2) is 0 Å². The van der Waals surface area contributed by atoms with Gasteiger partial charge in [-0.1, -0.05) is 66.7 Å². The number of rotatable bonds is 4. The number of hydrogen-bond acceptors (Lipinski definition) is 1. The molecule has 1 aliphatic rings. The second kappa shape index (κ2) is 7.67. The number of fused-ring (bicyclic) bond motifs is 1. The lowest BCUT2D eigenvalue weighted by atomic mass is 9.84. The van der Waals surface area contributed by atoms with Crippen LogP contribution < -0.4 is 0 Å². The lowest BCUT2D eigenvalue weighted by molar-refractivity contribution is -0.127. The highest BCUT2D eigenvalue weighted by Gasteiger charge is 2.30. The Morgan fingerprint density at radius 1 is 1.35 bits per heavy atom. The zero-order valence-electron chi connectivity index (χ0n) is 13.1. The first-order chi connectivity index (χ1) is 11.0. The molecule has 0 spiro atoms. The Kier molecular flexibility index (Phi) is 5.86. The number of benzene rings is 1. The molecule has 0 unspecified atom stereocenters. The van der Waals surface area contributed by atoms with Crippen molar-refractivity contribution in [3.8, 4) is 0 Å². The molecule has 1 amide bonds. The van der Waals surface area contributed by atoms with E-state index < -0.39 is 0 Å². The average molecular weight is 348 g/mol. The van der Waals surface area contributed by atoms with Gasteiger partial charge in [0.25, 0.3) is 0 Å². The van der Waals surface area contributed by atoms with Crippen LogP contribution in [-0.2, 0) is 11.3 Å². The summed E-state index contributed by atoms with van der Waals surface area (Å²) >= 11 is 12.6. The van der Waals surface area contributed by atoms with Crippen LogP contribution in [-0.4, -0.2) is 17.4 Å². The zero-order chi connectivity index (χ0) is 17.0. The van der Waals surface area contributed by atoms with Crippen molar-refractivity contribution in [2.45, 2.75) is 19.4 Å². The number of allylic oxidation sites excluding steroid dienone is 4. The van der Waals surface area contributed by atoms with Crippen LogP contribution in [0.2, 0.25) is 10.0 Å². The molecule has 0 aromatic heterocycles. The van der Waals surface area contributed by atoms with E-state index >= 15 is 0 Å². The van der Waals surface area contributed by atoms with Crippen LogP contribution in [0.3, 0.4) is 0 Å². The number of nitrogens with zero attached hydrogens (tertiary/aromatic N) is 1. The molecular weight excluding hydrogens is 329 g/mol. The van der Waals surface area contributed by atoms with Crippen LogP contribution in [0.1, 0.15) is 24.0 Å². The molecule has 1 atom stereocenters. The summed E-state index contributed by atoms with van der Waals surface area (Å²) in [6.45, 7) is 10.7. The highest BCUT2D eigenvalue weighted by atomic mass is 35.5. The van der Waals surface area contributed by atoms with Gasteiger partial charge in [0.15, 0.2) is 0 Å². The third kappa shape index (κ3) is 3.77. The highest BCUT2D eigenvalue weighted by molar-refractivity contribution is 6.42. The highest BCUT2D eigenvalue weighted by Crippen LogP contribution is 2.41. The van der Waals surface area contributed by atoms with E-state index in [0.717, 1.165) is 16.7 Å². The minimum Gasteiger partial charge on any atom is -0.334 e. The van der Waals surface area contributed by atoms with Gasteiger partial charge in [-0.3, -0.25) is 4.79 Å². The lowest BCUT2D eigenvalue weighted by Gasteiger charge is -2.35. The summed E-state index contributed by atoms with van der Waals surface area (Å²) in [5.74, 6) is -0.188. The first-order valence-corrected chi connectivity index (χ1v) is 8.11. The molecule has 1 aromatic carbocycles. The number of amides is 1. The standard InChI is InChI=1S/C19H19Cl2NO/c1-4-6-7-8-13(3)15-12-22(17(23)5-2)11-14-9-10-16(20)19(21)18(14)15/h4-10,15H,2-3,11-12H2,1H3/b6-4-,8-7-/t15-/m1/s1. The first-order valence-electron chi connectivity index (χ1n) is 7.35. The molecule has 1 aromatic rings. The molecule has 0 fully saturated rings. The molecule has 2 nitrogen and oxygen atoms in total. The van der Waals surface area contributed by atoms with Crippen molar-refractivity contribution in [2.75, 3.05) is 6.54 Å². The third-order valence-corrected chi connectivity index (χ3v) is 4.70. The number of carbonyl (C=O) groups is 1. The van der Waals surface area contributed by atoms with Gasteiger partial charge in [-0.15, -0.1) is 0 Å². The monoisotopic (exact) mass is 347 g/mol. The zero-order valence-corrected chi connectivity index (χ0v) is 14.6.